The van der Waals surface area contributed by atoms with Gasteiger partial charge >= 0.3 is 0 Å². The van der Waals surface area contributed by atoms with E-state index >= 15 is 0 Å². The van der Waals surface area contributed by atoms with Crippen molar-refractivity contribution in [2.45, 2.75) is 45.1 Å². The first kappa shape index (κ1) is 10.4. The van der Waals surface area contributed by atoms with Gasteiger partial charge in [0.2, 0.25) is 0 Å². The average Bonchev–Trinajstić information content (AvgIpc) is 2.90. The van der Waals surface area contributed by atoms with Crippen molar-refractivity contribution in [1.29, 1.82) is 0 Å². The van der Waals surface area contributed by atoms with Crippen molar-refractivity contribution in [3.63, 3.8) is 0 Å². The molecular weight excluding hydrogens is 174 g/mol. The van der Waals surface area contributed by atoms with Crippen LogP contribution in [0, 0.1) is 11.8 Å². The summed E-state index contributed by atoms with van der Waals surface area (Å²) in [5.74, 6) is 1.76. The van der Waals surface area contributed by atoms with E-state index in [0.29, 0.717) is 12.1 Å². The van der Waals surface area contributed by atoms with E-state index in [2.05, 4.69) is 18.7 Å². The molecule has 1 unspecified atom stereocenters. The van der Waals surface area contributed by atoms with Crippen LogP contribution in [0.25, 0.3) is 0 Å². The van der Waals surface area contributed by atoms with E-state index < -0.39 is 0 Å². The first-order valence-electron chi connectivity index (χ1n) is 6.04. The van der Waals surface area contributed by atoms with Crippen LogP contribution in [-0.2, 0) is 0 Å². The maximum atomic E-state index is 9.01. The highest BCUT2D eigenvalue weighted by molar-refractivity contribution is 5.07. The molecule has 1 aliphatic heterocycles. The Kier molecular flexibility index (Phi) is 2.85. The molecule has 1 heterocycles. The Morgan fingerprint density at radius 3 is 2.64 bits per heavy atom. The third kappa shape index (κ3) is 1.82. The van der Waals surface area contributed by atoms with Crippen LogP contribution in [0.15, 0.2) is 0 Å². The third-order valence-corrected chi connectivity index (χ3v) is 4.22. The zero-order valence-corrected chi connectivity index (χ0v) is 9.50. The van der Waals surface area contributed by atoms with Crippen molar-refractivity contribution in [3.8, 4) is 0 Å². The molecule has 1 N–H and O–H groups in total. The molecule has 1 spiro atoms. The van der Waals surface area contributed by atoms with E-state index in [-0.39, 0.29) is 0 Å². The van der Waals surface area contributed by atoms with E-state index in [9.17, 15) is 0 Å². The van der Waals surface area contributed by atoms with Gasteiger partial charge in [0, 0.05) is 12.1 Å². The number of nitrogens with zero attached hydrogens (tertiary/aromatic N) is 1. The molecule has 82 valence electrons. The van der Waals surface area contributed by atoms with Gasteiger partial charge in [0.1, 0.15) is 0 Å². The van der Waals surface area contributed by atoms with Gasteiger partial charge in [0.05, 0.1) is 6.61 Å². The topological polar surface area (TPSA) is 23.5 Å². The lowest BCUT2D eigenvalue weighted by Gasteiger charge is -2.41. The minimum absolute atomic E-state index is 0.327. The summed E-state index contributed by atoms with van der Waals surface area (Å²) < 4.78 is 0. The Bertz CT molecular complexity index is 198. The molecule has 2 fully saturated rings. The van der Waals surface area contributed by atoms with Crippen LogP contribution >= 0.6 is 0 Å². The number of likely N-dealkylation sites (tertiary alicyclic amines) is 1. The summed E-state index contributed by atoms with van der Waals surface area (Å²) in [6.45, 7) is 7.13. The fraction of sp³-hybridized carbons (Fsp3) is 1.00. The van der Waals surface area contributed by atoms with Gasteiger partial charge < -0.3 is 5.11 Å². The molecule has 0 aromatic carbocycles. The van der Waals surface area contributed by atoms with E-state index in [4.69, 9.17) is 5.11 Å². The van der Waals surface area contributed by atoms with Crippen LogP contribution in [0.5, 0.6) is 0 Å². The highest BCUT2D eigenvalue weighted by atomic mass is 16.3. The van der Waals surface area contributed by atoms with Crippen LogP contribution in [0.1, 0.15) is 39.5 Å². The molecule has 0 aromatic rings. The summed E-state index contributed by atoms with van der Waals surface area (Å²) in [6, 6.07) is 0. The molecule has 14 heavy (non-hydrogen) atoms. The standard InChI is InChI=1S/C12H23NO/c1-10(2)11-3-6-13(7-8-14)12(9-11)4-5-12/h10-11,14H,3-9H2,1-2H3. The molecule has 1 saturated carbocycles. The lowest BCUT2D eigenvalue weighted by Crippen LogP contribution is -2.46. The second-order valence-electron chi connectivity index (χ2n) is 5.43. The summed E-state index contributed by atoms with van der Waals surface area (Å²) in [5.41, 5.74) is 0.524. The van der Waals surface area contributed by atoms with Gasteiger partial charge in [-0.3, -0.25) is 4.90 Å². The van der Waals surface area contributed by atoms with Crippen molar-refractivity contribution in [2.24, 2.45) is 11.8 Å². The predicted octanol–water partition coefficient (Wildman–Crippen LogP) is 1.88. The number of rotatable bonds is 3. The van der Waals surface area contributed by atoms with Crippen molar-refractivity contribution in [2.75, 3.05) is 19.7 Å². The molecule has 0 amide bonds. The number of hydrogen-bond donors (Lipinski definition) is 1. The SMILES string of the molecule is CC(C)C1CCN(CCO)C2(CC2)C1. The molecule has 2 rings (SSSR count). The summed E-state index contributed by atoms with van der Waals surface area (Å²) in [7, 11) is 0. The van der Waals surface area contributed by atoms with Gasteiger partial charge in [-0.2, -0.15) is 0 Å². The second-order valence-corrected chi connectivity index (χ2v) is 5.43. The zero-order valence-electron chi connectivity index (χ0n) is 9.50. The number of aliphatic hydroxyl groups is 1. The van der Waals surface area contributed by atoms with Crippen LogP contribution in [0.3, 0.4) is 0 Å². The molecule has 0 radical (unpaired) electrons. The molecule has 0 bridgehead atoms. The highest BCUT2D eigenvalue weighted by Crippen LogP contribution is 2.51. The molecule has 1 aliphatic carbocycles. The maximum absolute atomic E-state index is 9.01. The van der Waals surface area contributed by atoms with E-state index in [0.717, 1.165) is 18.4 Å². The maximum Gasteiger partial charge on any atom is 0.0558 e. The smallest absolute Gasteiger partial charge is 0.0558 e. The fourth-order valence-electron chi connectivity index (χ4n) is 2.98. The van der Waals surface area contributed by atoms with Crippen molar-refractivity contribution >= 4 is 0 Å². The minimum atomic E-state index is 0.327. The van der Waals surface area contributed by atoms with Crippen LogP contribution in [0.4, 0.5) is 0 Å². The first-order valence-corrected chi connectivity index (χ1v) is 6.04. The van der Waals surface area contributed by atoms with E-state index in [1.54, 1.807) is 0 Å². The van der Waals surface area contributed by atoms with Crippen LogP contribution in [0.2, 0.25) is 0 Å². The number of β-amino-alcohol motifs (C(OH)–C–C–N with tert-alkyl or cyclic N) is 1. The van der Waals surface area contributed by atoms with Gasteiger partial charge in [0.25, 0.3) is 0 Å². The Labute approximate surface area is 87.3 Å². The molecule has 2 nitrogen and oxygen atoms in total. The van der Waals surface area contributed by atoms with Crippen LogP contribution < -0.4 is 0 Å². The van der Waals surface area contributed by atoms with Gasteiger partial charge in [-0.05, 0) is 44.1 Å². The molecule has 2 aliphatic rings. The van der Waals surface area contributed by atoms with Gasteiger partial charge in [-0.15, -0.1) is 0 Å². The van der Waals surface area contributed by atoms with E-state index in [1.165, 1.54) is 32.2 Å². The van der Waals surface area contributed by atoms with Gasteiger partial charge in [-0.1, -0.05) is 13.8 Å². The zero-order chi connectivity index (χ0) is 10.2. The Hall–Kier alpha value is -0.0800. The van der Waals surface area contributed by atoms with Crippen LogP contribution in [-0.4, -0.2) is 35.2 Å². The summed E-state index contributed by atoms with van der Waals surface area (Å²) in [4.78, 5) is 2.53. The lowest BCUT2D eigenvalue weighted by atomic mass is 9.81. The Morgan fingerprint density at radius 2 is 2.14 bits per heavy atom. The Balaban J connectivity index is 1.95. The number of aliphatic hydroxyl groups excluding tert-OH is 1. The summed E-state index contributed by atoms with van der Waals surface area (Å²) in [5, 5.41) is 9.01. The largest absolute Gasteiger partial charge is 0.395 e. The average molecular weight is 197 g/mol. The van der Waals surface area contributed by atoms with E-state index in [1.807, 2.05) is 0 Å². The van der Waals surface area contributed by atoms with Crippen molar-refractivity contribution < 1.29 is 5.11 Å². The second kappa shape index (κ2) is 3.82. The van der Waals surface area contributed by atoms with Gasteiger partial charge in [-0.25, -0.2) is 0 Å². The molecule has 0 aromatic heterocycles. The van der Waals surface area contributed by atoms with Crippen molar-refractivity contribution in [1.82, 2.24) is 4.90 Å². The molecular formula is C12H23NO. The summed E-state index contributed by atoms with van der Waals surface area (Å²) in [6.07, 6.45) is 5.45. The normalized spacial score (nSPS) is 31.3. The molecule has 2 heteroatoms. The quantitative estimate of drug-likeness (QED) is 0.746. The first-order chi connectivity index (χ1) is 6.68. The number of piperidine rings is 1. The fourth-order valence-corrected chi connectivity index (χ4v) is 2.98. The molecule has 1 saturated heterocycles. The minimum Gasteiger partial charge on any atom is -0.395 e. The highest BCUT2D eigenvalue weighted by Gasteiger charge is 2.51. The predicted molar refractivity (Wildman–Crippen MR) is 58.2 cm³/mol. The third-order valence-electron chi connectivity index (χ3n) is 4.22. The monoisotopic (exact) mass is 197 g/mol. The Morgan fingerprint density at radius 1 is 1.43 bits per heavy atom. The number of hydrogen-bond acceptors (Lipinski definition) is 2. The van der Waals surface area contributed by atoms with Crippen molar-refractivity contribution in [3.05, 3.63) is 0 Å². The lowest BCUT2D eigenvalue weighted by molar-refractivity contribution is 0.0602. The summed E-state index contributed by atoms with van der Waals surface area (Å²) >= 11 is 0. The molecule has 1 atom stereocenters. The van der Waals surface area contributed by atoms with Gasteiger partial charge in [0.15, 0.2) is 0 Å².